The largest absolute Gasteiger partial charge is 0.444 e. The number of carbonyl (C=O) groups is 1. The number of carbonyl (C=O) groups excluding carboxylic acids is 1. The minimum absolute atomic E-state index is 0.261. The van der Waals surface area contributed by atoms with Gasteiger partial charge in [-0.05, 0) is 53.5 Å². The molecule has 1 rings (SSSR count). The Morgan fingerprint density at radius 2 is 2.00 bits per heavy atom. The summed E-state index contributed by atoms with van der Waals surface area (Å²) in [6, 6.07) is -0.553. The summed E-state index contributed by atoms with van der Waals surface area (Å²) in [5.74, 6) is 0. The Hall–Kier alpha value is -0.910. The maximum Gasteiger partial charge on any atom is 0.410 e. The summed E-state index contributed by atoms with van der Waals surface area (Å²) in [6.45, 7) is 7.98. The zero-order valence-corrected chi connectivity index (χ0v) is 12.8. The van der Waals surface area contributed by atoms with Gasteiger partial charge in [0.05, 0.1) is 6.04 Å². The molecule has 0 saturated heterocycles. The fourth-order valence-corrected chi connectivity index (χ4v) is 1.80. The molecule has 4 nitrogen and oxygen atoms in total. The number of halogens is 2. The molecule has 20 heavy (non-hydrogen) atoms. The van der Waals surface area contributed by atoms with Gasteiger partial charge in [-0.15, -0.1) is 0 Å². The Bertz CT molecular complexity index is 315. The lowest BCUT2D eigenvalue weighted by Crippen LogP contribution is -2.40. The molecular weight excluding hydrogens is 266 g/mol. The number of nitrogens with zero attached hydrogens (tertiary/aromatic N) is 1. The first-order valence-corrected chi connectivity index (χ1v) is 7.22. The van der Waals surface area contributed by atoms with Crippen molar-refractivity contribution in [2.75, 3.05) is 13.1 Å². The quantitative estimate of drug-likeness (QED) is 0.733. The second-order valence-corrected chi connectivity index (χ2v) is 6.34. The predicted octanol–water partition coefficient (Wildman–Crippen LogP) is 3.02. The third-order valence-electron chi connectivity index (χ3n) is 3.04. The molecule has 0 heterocycles. The normalized spacial score (nSPS) is 17.1. The van der Waals surface area contributed by atoms with E-state index in [-0.39, 0.29) is 12.1 Å². The molecule has 0 aliphatic heterocycles. The van der Waals surface area contributed by atoms with Crippen molar-refractivity contribution < 1.29 is 18.3 Å². The highest BCUT2D eigenvalue weighted by molar-refractivity contribution is 5.69. The van der Waals surface area contributed by atoms with Crippen molar-refractivity contribution in [2.45, 2.75) is 71.1 Å². The zero-order valence-electron chi connectivity index (χ0n) is 12.8. The fourth-order valence-electron chi connectivity index (χ4n) is 1.80. The minimum Gasteiger partial charge on any atom is -0.444 e. The molecule has 1 aliphatic carbocycles. The van der Waals surface area contributed by atoms with Gasteiger partial charge in [0.1, 0.15) is 5.60 Å². The smallest absolute Gasteiger partial charge is 0.410 e. The number of hydrogen-bond donors (Lipinski definition) is 1. The van der Waals surface area contributed by atoms with Gasteiger partial charge in [0.25, 0.3) is 6.43 Å². The van der Waals surface area contributed by atoms with Crippen LogP contribution >= 0.6 is 0 Å². The van der Waals surface area contributed by atoms with E-state index in [2.05, 4.69) is 5.32 Å². The summed E-state index contributed by atoms with van der Waals surface area (Å²) in [5, 5.41) is 2.76. The maximum absolute atomic E-state index is 12.3. The molecule has 6 heteroatoms. The van der Waals surface area contributed by atoms with Gasteiger partial charge in [0.15, 0.2) is 0 Å². The highest BCUT2D eigenvalue weighted by Crippen LogP contribution is 2.28. The van der Waals surface area contributed by atoms with Crippen LogP contribution in [0.4, 0.5) is 13.6 Å². The van der Waals surface area contributed by atoms with Crippen LogP contribution < -0.4 is 5.32 Å². The van der Waals surface area contributed by atoms with E-state index in [1.165, 1.54) is 6.92 Å². The van der Waals surface area contributed by atoms with Crippen LogP contribution in [0.5, 0.6) is 0 Å². The van der Waals surface area contributed by atoms with Gasteiger partial charge in [-0.2, -0.15) is 0 Å². The van der Waals surface area contributed by atoms with Crippen molar-refractivity contribution in [3.05, 3.63) is 0 Å². The van der Waals surface area contributed by atoms with E-state index in [0.717, 1.165) is 12.8 Å². The fraction of sp³-hybridized carbons (Fsp3) is 0.929. The third-order valence-corrected chi connectivity index (χ3v) is 3.04. The van der Waals surface area contributed by atoms with Crippen molar-refractivity contribution in [3.63, 3.8) is 0 Å². The molecule has 0 aromatic heterocycles. The first kappa shape index (κ1) is 17.1. The summed E-state index contributed by atoms with van der Waals surface area (Å²) in [6.07, 6.45) is -0.0187. The Balaban J connectivity index is 2.31. The molecule has 0 radical (unpaired) electrons. The summed E-state index contributed by atoms with van der Waals surface area (Å²) >= 11 is 0. The summed E-state index contributed by atoms with van der Waals surface area (Å²) in [4.78, 5) is 13.8. The first-order chi connectivity index (χ1) is 9.20. The van der Waals surface area contributed by atoms with E-state index in [9.17, 15) is 13.6 Å². The first-order valence-electron chi connectivity index (χ1n) is 7.22. The lowest BCUT2D eigenvalue weighted by Gasteiger charge is -2.27. The van der Waals surface area contributed by atoms with Gasteiger partial charge in [0, 0.05) is 12.6 Å². The number of ether oxygens (including phenoxy) is 1. The van der Waals surface area contributed by atoms with Crippen LogP contribution in [0.2, 0.25) is 0 Å². The molecule has 1 amide bonds. The lowest BCUT2D eigenvalue weighted by atomic mass is 10.2. The van der Waals surface area contributed by atoms with E-state index in [0.29, 0.717) is 19.5 Å². The van der Waals surface area contributed by atoms with E-state index < -0.39 is 18.1 Å². The highest BCUT2D eigenvalue weighted by atomic mass is 19.3. The van der Waals surface area contributed by atoms with Gasteiger partial charge in [-0.1, -0.05) is 0 Å². The monoisotopic (exact) mass is 292 g/mol. The van der Waals surface area contributed by atoms with Gasteiger partial charge in [-0.25, -0.2) is 13.6 Å². The van der Waals surface area contributed by atoms with Crippen LogP contribution in [0.3, 0.4) is 0 Å². The van der Waals surface area contributed by atoms with Crippen molar-refractivity contribution in [1.29, 1.82) is 0 Å². The lowest BCUT2D eigenvalue weighted by molar-refractivity contribution is 0.0230. The average Bonchev–Trinajstić information content (AvgIpc) is 3.09. The van der Waals surface area contributed by atoms with Crippen molar-refractivity contribution in [2.24, 2.45) is 0 Å². The standard InChI is InChI=1S/C14H26F2N2O2/c1-10(12(15)16)17-8-5-9-18(11-6-7-11)13(19)20-14(2,3)4/h10-12,17H,5-9H2,1-4H3. The molecule has 1 unspecified atom stereocenters. The van der Waals surface area contributed by atoms with Crippen LogP contribution in [0.1, 0.15) is 47.0 Å². The SMILES string of the molecule is CC(NCCCN(C(=O)OC(C)(C)C)C1CC1)C(F)F. The van der Waals surface area contributed by atoms with Gasteiger partial charge < -0.3 is 15.0 Å². The van der Waals surface area contributed by atoms with Crippen LogP contribution in [-0.4, -0.2) is 48.2 Å². The third kappa shape index (κ3) is 6.50. The van der Waals surface area contributed by atoms with E-state index in [1.807, 2.05) is 20.8 Å². The molecule has 1 fully saturated rings. The Morgan fingerprint density at radius 3 is 2.45 bits per heavy atom. The molecular formula is C14H26F2N2O2. The molecule has 0 spiro atoms. The van der Waals surface area contributed by atoms with E-state index in [1.54, 1.807) is 4.90 Å². The van der Waals surface area contributed by atoms with E-state index >= 15 is 0 Å². The van der Waals surface area contributed by atoms with Crippen LogP contribution in [0, 0.1) is 0 Å². The second-order valence-electron chi connectivity index (χ2n) is 6.34. The minimum atomic E-state index is -2.36. The van der Waals surface area contributed by atoms with Gasteiger partial charge in [0.2, 0.25) is 0 Å². The molecule has 118 valence electrons. The number of nitrogens with one attached hydrogen (secondary N) is 1. The predicted molar refractivity (Wildman–Crippen MR) is 74.0 cm³/mol. The van der Waals surface area contributed by atoms with E-state index in [4.69, 9.17) is 4.74 Å². The zero-order chi connectivity index (χ0) is 15.3. The Morgan fingerprint density at radius 1 is 1.40 bits per heavy atom. The van der Waals surface area contributed by atoms with Crippen LogP contribution in [-0.2, 0) is 4.74 Å². The van der Waals surface area contributed by atoms with Crippen LogP contribution in [0.25, 0.3) is 0 Å². The number of alkyl halides is 2. The number of amides is 1. The second kappa shape index (κ2) is 7.20. The molecule has 1 N–H and O–H groups in total. The molecule has 0 aromatic rings. The van der Waals surface area contributed by atoms with Crippen molar-refractivity contribution in [1.82, 2.24) is 10.2 Å². The number of rotatable bonds is 7. The van der Waals surface area contributed by atoms with Crippen molar-refractivity contribution in [3.8, 4) is 0 Å². The number of hydrogen-bond acceptors (Lipinski definition) is 3. The molecule has 1 saturated carbocycles. The Labute approximate surface area is 119 Å². The molecule has 0 aromatic carbocycles. The topological polar surface area (TPSA) is 41.6 Å². The van der Waals surface area contributed by atoms with Gasteiger partial charge in [-0.3, -0.25) is 0 Å². The Kier molecular flexibility index (Phi) is 6.17. The summed E-state index contributed by atoms with van der Waals surface area (Å²) < 4.78 is 30.0. The average molecular weight is 292 g/mol. The van der Waals surface area contributed by atoms with Crippen molar-refractivity contribution >= 4 is 6.09 Å². The molecule has 0 bridgehead atoms. The summed E-state index contributed by atoms with van der Waals surface area (Å²) in [5.41, 5.74) is -0.507. The summed E-state index contributed by atoms with van der Waals surface area (Å²) in [7, 11) is 0. The molecule has 1 aliphatic rings. The molecule has 1 atom stereocenters. The highest BCUT2D eigenvalue weighted by Gasteiger charge is 2.34. The van der Waals surface area contributed by atoms with Gasteiger partial charge >= 0.3 is 6.09 Å². The maximum atomic E-state index is 12.3. The van der Waals surface area contributed by atoms with Crippen LogP contribution in [0.15, 0.2) is 0 Å².